The predicted octanol–water partition coefficient (Wildman–Crippen LogP) is 1.38. The van der Waals surface area contributed by atoms with E-state index in [1.54, 1.807) is 0 Å². The van der Waals surface area contributed by atoms with E-state index in [1.807, 2.05) is 0 Å². The molecule has 1 saturated carbocycles. The van der Waals surface area contributed by atoms with Gasteiger partial charge in [0, 0.05) is 25.7 Å². The van der Waals surface area contributed by atoms with Gasteiger partial charge in [0.05, 0.1) is 13.2 Å². The number of nitrogens with zero attached hydrogens (tertiary/aromatic N) is 1. The quantitative estimate of drug-likeness (QED) is 0.321. The molecular formula is C17H33N5OS2. The zero-order chi connectivity index (χ0) is 18.1. The van der Waals surface area contributed by atoms with Gasteiger partial charge in [-0.05, 0) is 55.7 Å². The van der Waals surface area contributed by atoms with Crippen molar-refractivity contribution >= 4 is 34.7 Å². The summed E-state index contributed by atoms with van der Waals surface area (Å²) in [5.41, 5.74) is 5.96. The molecule has 0 aromatic rings. The van der Waals surface area contributed by atoms with Gasteiger partial charge in [-0.2, -0.15) is 0 Å². The first kappa shape index (κ1) is 20.6. The van der Waals surface area contributed by atoms with Crippen molar-refractivity contribution < 1.29 is 4.74 Å². The van der Waals surface area contributed by atoms with E-state index in [0.29, 0.717) is 22.2 Å². The standard InChI is InChI=1S/C17H33N5OS2/c1-13-5-3-6-15(14(13)2)19-17(25)21-20-16(24)18-7-4-8-22-9-11-23-12-10-22/h13-15H,3-12H2,1-2H3,(H2,18,20,24)(H2,19,21,25)/t13-,14-,15+/m1/s1. The van der Waals surface area contributed by atoms with Gasteiger partial charge in [-0.15, -0.1) is 0 Å². The van der Waals surface area contributed by atoms with E-state index in [9.17, 15) is 0 Å². The maximum Gasteiger partial charge on any atom is 0.185 e. The van der Waals surface area contributed by atoms with Gasteiger partial charge < -0.3 is 15.4 Å². The molecular weight excluding hydrogens is 354 g/mol. The molecule has 0 amide bonds. The van der Waals surface area contributed by atoms with Crippen LogP contribution in [0.5, 0.6) is 0 Å². The number of morpholine rings is 1. The summed E-state index contributed by atoms with van der Waals surface area (Å²) in [7, 11) is 0. The molecule has 25 heavy (non-hydrogen) atoms. The third-order valence-corrected chi connectivity index (χ3v) is 5.82. The van der Waals surface area contributed by atoms with Crippen LogP contribution in [0.25, 0.3) is 0 Å². The van der Waals surface area contributed by atoms with Crippen LogP contribution in [0.4, 0.5) is 0 Å². The molecule has 144 valence electrons. The second-order valence-corrected chi connectivity index (χ2v) is 7.98. The third-order valence-electron chi connectivity index (χ3n) is 5.35. The van der Waals surface area contributed by atoms with E-state index < -0.39 is 0 Å². The second kappa shape index (κ2) is 11.1. The van der Waals surface area contributed by atoms with Crippen LogP contribution in [-0.2, 0) is 4.74 Å². The monoisotopic (exact) mass is 387 g/mol. The Morgan fingerprint density at radius 2 is 1.80 bits per heavy atom. The second-order valence-electron chi connectivity index (χ2n) is 7.16. The van der Waals surface area contributed by atoms with Gasteiger partial charge in [0.25, 0.3) is 0 Å². The number of hydrazine groups is 1. The van der Waals surface area contributed by atoms with Crippen molar-refractivity contribution in [2.45, 2.75) is 45.6 Å². The van der Waals surface area contributed by atoms with Crippen molar-refractivity contribution in [1.82, 2.24) is 26.4 Å². The average Bonchev–Trinajstić information content (AvgIpc) is 2.62. The highest BCUT2D eigenvalue weighted by Crippen LogP contribution is 2.29. The number of rotatable bonds is 5. The van der Waals surface area contributed by atoms with Crippen molar-refractivity contribution in [2.75, 3.05) is 39.4 Å². The van der Waals surface area contributed by atoms with Crippen LogP contribution in [0, 0.1) is 11.8 Å². The summed E-state index contributed by atoms with van der Waals surface area (Å²) in [5, 5.41) is 7.82. The van der Waals surface area contributed by atoms with Gasteiger partial charge in [-0.3, -0.25) is 15.8 Å². The summed E-state index contributed by atoms with van der Waals surface area (Å²) in [6.45, 7) is 10.3. The Morgan fingerprint density at radius 3 is 2.56 bits per heavy atom. The molecule has 0 aromatic heterocycles. The zero-order valence-corrected chi connectivity index (χ0v) is 17.1. The first-order valence-corrected chi connectivity index (χ1v) is 10.3. The van der Waals surface area contributed by atoms with Gasteiger partial charge in [-0.25, -0.2) is 0 Å². The average molecular weight is 388 g/mol. The van der Waals surface area contributed by atoms with Crippen LogP contribution in [-0.4, -0.2) is 60.6 Å². The summed E-state index contributed by atoms with van der Waals surface area (Å²) in [6.07, 6.45) is 4.82. The van der Waals surface area contributed by atoms with Gasteiger partial charge in [0.1, 0.15) is 0 Å². The molecule has 2 aliphatic rings. The van der Waals surface area contributed by atoms with E-state index in [1.165, 1.54) is 19.3 Å². The van der Waals surface area contributed by atoms with Crippen LogP contribution in [0.3, 0.4) is 0 Å². The molecule has 1 heterocycles. The Balaban J connectivity index is 1.52. The molecule has 0 unspecified atom stereocenters. The van der Waals surface area contributed by atoms with E-state index in [0.717, 1.165) is 51.7 Å². The smallest absolute Gasteiger partial charge is 0.185 e. The Labute approximate surface area is 162 Å². The van der Waals surface area contributed by atoms with Gasteiger partial charge in [0.15, 0.2) is 10.2 Å². The van der Waals surface area contributed by atoms with E-state index in [4.69, 9.17) is 29.2 Å². The van der Waals surface area contributed by atoms with Gasteiger partial charge >= 0.3 is 0 Å². The summed E-state index contributed by atoms with van der Waals surface area (Å²) in [6, 6.07) is 0.445. The summed E-state index contributed by atoms with van der Waals surface area (Å²) in [5.74, 6) is 1.38. The lowest BCUT2D eigenvalue weighted by atomic mass is 9.78. The lowest BCUT2D eigenvalue weighted by Crippen LogP contribution is -2.54. The molecule has 6 nitrogen and oxygen atoms in total. The number of ether oxygens (including phenoxy) is 1. The Morgan fingerprint density at radius 1 is 1.08 bits per heavy atom. The normalized spacial score (nSPS) is 27.4. The van der Waals surface area contributed by atoms with E-state index in [-0.39, 0.29) is 0 Å². The first-order chi connectivity index (χ1) is 12.1. The SMILES string of the molecule is C[C@@H]1[C@H](C)CCC[C@@H]1NC(=S)NNC(=S)NCCCN1CCOCC1. The van der Waals surface area contributed by atoms with Crippen molar-refractivity contribution in [3.8, 4) is 0 Å². The highest BCUT2D eigenvalue weighted by atomic mass is 32.1. The van der Waals surface area contributed by atoms with Gasteiger partial charge in [0.2, 0.25) is 0 Å². The van der Waals surface area contributed by atoms with Crippen LogP contribution in [0.2, 0.25) is 0 Å². The lowest BCUT2D eigenvalue weighted by Gasteiger charge is -2.35. The number of thiocarbonyl (C=S) groups is 2. The van der Waals surface area contributed by atoms with Crippen LogP contribution < -0.4 is 21.5 Å². The minimum Gasteiger partial charge on any atom is -0.379 e. The molecule has 0 radical (unpaired) electrons. The molecule has 2 rings (SSSR count). The molecule has 1 aliphatic carbocycles. The molecule has 1 saturated heterocycles. The molecule has 0 spiro atoms. The Hall–Kier alpha value is -0.700. The largest absolute Gasteiger partial charge is 0.379 e. The summed E-state index contributed by atoms with van der Waals surface area (Å²) < 4.78 is 5.35. The van der Waals surface area contributed by atoms with E-state index in [2.05, 4.69) is 40.2 Å². The number of hydrogen-bond acceptors (Lipinski definition) is 4. The molecule has 0 aromatic carbocycles. The summed E-state index contributed by atoms with van der Waals surface area (Å²) >= 11 is 10.7. The first-order valence-electron chi connectivity index (χ1n) is 9.46. The van der Waals surface area contributed by atoms with Crippen molar-refractivity contribution in [3.63, 3.8) is 0 Å². The van der Waals surface area contributed by atoms with Crippen LogP contribution in [0.1, 0.15) is 39.5 Å². The van der Waals surface area contributed by atoms with Crippen LogP contribution >= 0.6 is 24.4 Å². The topological polar surface area (TPSA) is 60.6 Å². The molecule has 0 bridgehead atoms. The zero-order valence-electron chi connectivity index (χ0n) is 15.5. The van der Waals surface area contributed by atoms with Crippen LogP contribution in [0.15, 0.2) is 0 Å². The fourth-order valence-corrected chi connectivity index (χ4v) is 3.83. The minimum absolute atomic E-state index is 0.445. The third kappa shape index (κ3) is 7.60. The Kier molecular flexibility index (Phi) is 9.16. The molecule has 3 atom stereocenters. The van der Waals surface area contributed by atoms with Crippen molar-refractivity contribution in [2.24, 2.45) is 11.8 Å². The predicted molar refractivity (Wildman–Crippen MR) is 110 cm³/mol. The van der Waals surface area contributed by atoms with Gasteiger partial charge in [-0.1, -0.05) is 26.7 Å². The summed E-state index contributed by atoms with van der Waals surface area (Å²) in [4.78, 5) is 2.42. The maximum atomic E-state index is 5.37. The molecule has 8 heteroatoms. The molecule has 2 fully saturated rings. The fraction of sp³-hybridized carbons (Fsp3) is 0.882. The highest BCUT2D eigenvalue weighted by molar-refractivity contribution is 7.80. The number of hydrogen-bond donors (Lipinski definition) is 4. The lowest BCUT2D eigenvalue weighted by molar-refractivity contribution is 0.0376. The molecule has 4 N–H and O–H groups in total. The minimum atomic E-state index is 0.445. The maximum absolute atomic E-state index is 5.37. The van der Waals surface area contributed by atoms with Crippen molar-refractivity contribution in [1.29, 1.82) is 0 Å². The molecule has 1 aliphatic heterocycles. The highest BCUT2D eigenvalue weighted by Gasteiger charge is 2.27. The fourth-order valence-electron chi connectivity index (χ4n) is 3.48. The van der Waals surface area contributed by atoms with E-state index >= 15 is 0 Å². The van der Waals surface area contributed by atoms with Crippen molar-refractivity contribution in [3.05, 3.63) is 0 Å². The number of nitrogens with one attached hydrogen (secondary N) is 4. The Bertz CT molecular complexity index is 431.